The normalized spacial score (nSPS) is 10.4. The molecule has 1 aromatic heterocycles. The molecule has 0 spiro atoms. The Morgan fingerprint density at radius 2 is 2.05 bits per heavy atom. The minimum absolute atomic E-state index is 0.668. The predicted octanol–water partition coefficient (Wildman–Crippen LogP) is 3.60. The molecule has 2 rings (SSSR count). The molecule has 0 fully saturated rings. The third-order valence-corrected chi connectivity index (χ3v) is 3.69. The number of rotatable bonds is 8. The fraction of sp³-hybridized carbons (Fsp3) is 0.412. The number of benzene rings is 1. The highest BCUT2D eigenvalue weighted by molar-refractivity contribution is 7.80. The Balaban J connectivity index is 1.65. The Hall–Kier alpha value is -1.88. The van der Waals surface area contributed by atoms with Crippen molar-refractivity contribution in [1.82, 2.24) is 15.1 Å². The standard InChI is InChI=1S/C17H24N4S/c1-2-3-6-15-7-9-16(10-8-15)20-17(22)18-11-4-13-21-14-5-12-19-21/h5,7-10,12,14H,2-4,6,11,13H2,1H3,(H2,18,20,22). The summed E-state index contributed by atoms with van der Waals surface area (Å²) in [4.78, 5) is 0. The fourth-order valence-electron chi connectivity index (χ4n) is 2.19. The Morgan fingerprint density at radius 3 is 2.73 bits per heavy atom. The first-order chi connectivity index (χ1) is 10.8. The molecule has 0 amide bonds. The highest BCUT2D eigenvalue weighted by Gasteiger charge is 1.98. The van der Waals surface area contributed by atoms with E-state index in [1.807, 2.05) is 16.9 Å². The van der Waals surface area contributed by atoms with Gasteiger partial charge < -0.3 is 10.6 Å². The molecule has 22 heavy (non-hydrogen) atoms. The molecule has 4 nitrogen and oxygen atoms in total. The van der Waals surface area contributed by atoms with Crippen molar-refractivity contribution in [2.45, 2.75) is 39.2 Å². The van der Waals surface area contributed by atoms with Crippen LogP contribution in [0, 0.1) is 0 Å². The number of nitrogens with one attached hydrogen (secondary N) is 2. The fourth-order valence-corrected chi connectivity index (χ4v) is 2.41. The molecule has 0 bridgehead atoms. The van der Waals surface area contributed by atoms with Crippen molar-refractivity contribution in [2.75, 3.05) is 11.9 Å². The van der Waals surface area contributed by atoms with Crippen LogP contribution < -0.4 is 10.6 Å². The van der Waals surface area contributed by atoms with Gasteiger partial charge in [0.2, 0.25) is 0 Å². The minimum atomic E-state index is 0.668. The smallest absolute Gasteiger partial charge is 0.170 e. The van der Waals surface area contributed by atoms with Crippen LogP contribution in [0.25, 0.3) is 0 Å². The van der Waals surface area contributed by atoms with Crippen LogP contribution in [0.1, 0.15) is 31.7 Å². The zero-order valence-corrected chi connectivity index (χ0v) is 13.9. The second kappa shape index (κ2) is 9.20. The second-order valence-corrected chi connectivity index (χ2v) is 5.71. The van der Waals surface area contributed by atoms with Crippen molar-refractivity contribution in [3.05, 3.63) is 48.3 Å². The van der Waals surface area contributed by atoms with Crippen LogP contribution in [-0.2, 0) is 13.0 Å². The summed E-state index contributed by atoms with van der Waals surface area (Å²) in [7, 11) is 0. The van der Waals surface area contributed by atoms with E-state index in [0.717, 1.165) is 31.6 Å². The van der Waals surface area contributed by atoms with Crippen molar-refractivity contribution < 1.29 is 0 Å². The third-order valence-electron chi connectivity index (χ3n) is 3.44. The Morgan fingerprint density at radius 1 is 1.23 bits per heavy atom. The topological polar surface area (TPSA) is 41.9 Å². The molecule has 1 aromatic carbocycles. The van der Waals surface area contributed by atoms with Gasteiger partial charge in [-0.15, -0.1) is 0 Å². The average molecular weight is 316 g/mol. The molecule has 0 aliphatic heterocycles. The number of anilines is 1. The van der Waals surface area contributed by atoms with Gasteiger partial charge in [0.1, 0.15) is 0 Å². The first-order valence-corrected chi connectivity index (χ1v) is 8.30. The molecule has 0 aliphatic rings. The summed E-state index contributed by atoms with van der Waals surface area (Å²) in [5.41, 5.74) is 2.41. The van der Waals surface area contributed by atoms with Crippen LogP contribution in [0.4, 0.5) is 5.69 Å². The molecule has 0 aliphatic carbocycles. The van der Waals surface area contributed by atoms with E-state index in [4.69, 9.17) is 12.2 Å². The highest BCUT2D eigenvalue weighted by Crippen LogP contribution is 2.11. The lowest BCUT2D eigenvalue weighted by Crippen LogP contribution is -2.29. The summed E-state index contributed by atoms with van der Waals surface area (Å²) < 4.78 is 1.92. The van der Waals surface area contributed by atoms with E-state index in [1.54, 1.807) is 6.20 Å². The number of thiocarbonyl (C=S) groups is 1. The highest BCUT2D eigenvalue weighted by atomic mass is 32.1. The van der Waals surface area contributed by atoms with Crippen LogP contribution in [0.5, 0.6) is 0 Å². The molecule has 0 saturated heterocycles. The number of unbranched alkanes of at least 4 members (excludes halogenated alkanes) is 1. The molecular formula is C17H24N4S. The van der Waals surface area contributed by atoms with Crippen molar-refractivity contribution in [1.29, 1.82) is 0 Å². The van der Waals surface area contributed by atoms with Gasteiger partial charge in [-0.05, 0) is 55.2 Å². The molecule has 0 unspecified atom stereocenters. The van der Waals surface area contributed by atoms with E-state index in [0.29, 0.717) is 5.11 Å². The lowest BCUT2D eigenvalue weighted by atomic mass is 10.1. The second-order valence-electron chi connectivity index (χ2n) is 5.30. The zero-order chi connectivity index (χ0) is 15.6. The van der Waals surface area contributed by atoms with Crippen LogP contribution in [0.3, 0.4) is 0 Å². The van der Waals surface area contributed by atoms with E-state index in [2.05, 4.69) is 46.9 Å². The third kappa shape index (κ3) is 5.85. The van der Waals surface area contributed by atoms with Crippen LogP contribution in [0.15, 0.2) is 42.7 Å². The summed E-state index contributed by atoms with van der Waals surface area (Å²) in [6.07, 6.45) is 8.36. The molecule has 2 N–H and O–H groups in total. The Labute approximate surface area is 137 Å². The quantitative estimate of drug-likeness (QED) is 0.577. The molecule has 1 heterocycles. The predicted molar refractivity (Wildman–Crippen MR) is 96.1 cm³/mol. The average Bonchev–Trinajstić information content (AvgIpc) is 3.04. The summed E-state index contributed by atoms with van der Waals surface area (Å²) in [5.74, 6) is 0. The van der Waals surface area contributed by atoms with E-state index in [9.17, 15) is 0 Å². The van der Waals surface area contributed by atoms with E-state index in [-0.39, 0.29) is 0 Å². The largest absolute Gasteiger partial charge is 0.362 e. The molecule has 118 valence electrons. The van der Waals surface area contributed by atoms with Crippen LogP contribution in [0.2, 0.25) is 0 Å². The maximum absolute atomic E-state index is 5.31. The lowest BCUT2D eigenvalue weighted by Gasteiger charge is -2.11. The molecule has 2 aromatic rings. The van der Waals surface area contributed by atoms with Gasteiger partial charge in [-0.2, -0.15) is 5.10 Å². The summed E-state index contributed by atoms with van der Waals surface area (Å²) in [6, 6.07) is 10.4. The Bertz CT molecular complexity index is 549. The number of hydrogen-bond acceptors (Lipinski definition) is 2. The van der Waals surface area contributed by atoms with Gasteiger partial charge in [0.05, 0.1) is 0 Å². The molecule has 0 radical (unpaired) electrons. The first-order valence-electron chi connectivity index (χ1n) is 7.89. The monoisotopic (exact) mass is 316 g/mol. The molecule has 0 atom stereocenters. The van der Waals surface area contributed by atoms with E-state index < -0.39 is 0 Å². The Kier molecular flexibility index (Phi) is 6.90. The zero-order valence-electron chi connectivity index (χ0n) is 13.1. The number of hydrogen-bond donors (Lipinski definition) is 2. The van der Waals surface area contributed by atoms with Gasteiger partial charge in [-0.25, -0.2) is 0 Å². The summed E-state index contributed by atoms with van der Waals surface area (Å²) >= 11 is 5.31. The molecular weight excluding hydrogens is 292 g/mol. The lowest BCUT2D eigenvalue weighted by molar-refractivity contribution is 0.574. The van der Waals surface area contributed by atoms with Crippen LogP contribution in [-0.4, -0.2) is 21.4 Å². The summed E-state index contributed by atoms with van der Waals surface area (Å²) in [6.45, 7) is 3.95. The molecule has 5 heteroatoms. The van der Waals surface area contributed by atoms with E-state index in [1.165, 1.54) is 18.4 Å². The van der Waals surface area contributed by atoms with Gasteiger partial charge in [0.25, 0.3) is 0 Å². The maximum atomic E-state index is 5.31. The number of nitrogens with zero attached hydrogens (tertiary/aromatic N) is 2. The van der Waals surface area contributed by atoms with Gasteiger partial charge >= 0.3 is 0 Å². The minimum Gasteiger partial charge on any atom is -0.362 e. The van der Waals surface area contributed by atoms with E-state index >= 15 is 0 Å². The molecule has 0 saturated carbocycles. The van der Waals surface area contributed by atoms with Crippen molar-refractivity contribution >= 4 is 23.0 Å². The van der Waals surface area contributed by atoms with Gasteiger partial charge in [-0.3, -0.25) is 4.68 Å². The first kappa shape index (κ1) is 16.5. The van der Waals surface area contributed by atoms with Crippen molar-refractivity contribution in [2.24, 2.45) is 0 Å². The number of aromatic nitrogens is 2. The van der Waals surface area contributed by atoms with Gasteiger partial charge in [0.15, 0.2) is 5.11 Å². The van der Waals surface area contributed by atoms with Crippen molar-refractivity contribution in [3.8, 4) is 0 Å². The SMILES string of the molecule is CCCCc1ccc(NC(=S)NCCCn2cccn2)cc1. The van der Waals surface area contributed by atoms with Gasteiger partial charge in [-0.1, -0.05) is 25.5 Å². The van der Waals surface area contributed by atoms with Gasteiger partial charge in [0, 0.05) is 31.2 Å². The number of aryl methyl sites for hydroxylation is 2. The maximum Gasteiger partial charge on any atom is 0.170 e. The van der Waals surface area contributed by atoms with Crippen LogP contribution >= 0.6 is 12.2 Å². The van der Waals surface area contributed by atoms with Crippen molar-refractivity contribution in [3.63, 3.8) is 0 Å². The summed E-state index contributed by atoms with van der Waals surface area (Å²) in [5, 5.41) is 11.3.